The van der Waals surface area contributed by atoms with Gasteiger partial charge in [-0.05, 0) is 138 Å². The second-order valence-corrected chi connectivity index (χ2v) is 23.0. The van der Waals surface area contributed by atoms with Crippen LogP contribution in [-0.2, 0) is 43.5 Å². The Morgan fingerprint density at radius 1 is 0.644 bits per heavy atom. The molecule has 0 radical (unpaired) electrons. The molecule has 2 aromatic heterocycles. The van der Waals surface area contributed by atoms with Gasteiger partial charge in [-0.2, -0.15) is 0 Å². The Hall–Kier alpha value is -3.76. The maximum atomic E-state index is 13.7. The molecule has 15 heteroatoms. The van der Waals surface area contributed by atoms with Crippen molar-refractivity contribution in [3.8, 4) is 32.4 Å². The van der Waals surface area contributed by atoms with E-state index in [1.165, 1.54) is 17.4 Å². The van der Waals surface area contributed by atoms with Crippen molar-refractivity contribution < 1.29 is 50.1 Å². The van der Waals surface area contributed by atoms with Crippen LogP contribution in [0.3, 0.4) is 0 Å². The van der Waals surface area contributed by atoms with Crippen molar-refractivity contribution >= 4 is 54.3 Å². The lowest BCUT2D eigenvalue weighted by Crippen LogP contribution is -2.52. The lowest BCUT2D eigenvalue weighted by Gasteiger charge is -2.36. The molecule has 4 aromatic rings. The molecular formula is C44H58O11S4. The van der Waals surface area contributed by atoms with Gasteiger partial charge in [0.2, 0.25) is 9.84 Å². The van der Waals surface area contributed by atoms with Gasteiger partial charge in [0.25, 0.3) is 0 Å². The van der Waals surface area contributed by atoms with E-state index in [0.717, 1.165) is 69.4 Å². The topological polar surface area (TPSA) is 149 Å². The molecule has 0 atom stereocenters. The number of unbranched alkanes of at least 4 members (excludes halogenated alkanes) is 2. The lowest BCUT2D eigenvalue weighted by molar-refractivity contribution is -0.161. The number of rotatable bonds is 16. The quantitative estimate of drug-likeness (QED) is 0.0782. The minimum Gasteiger partial charge on any atom is -0.494 e. The zero-order valence-corrected chi connectivity index (χ0v) is 38.6. The summed E-state index contributed by atoms with van der Waals surface area (Å²) in [5, 5.41) is 0. The molecule has 0 amide bonds. The molecule has 1 saturated heterocycles. The number of carbonyl (C=O) groups excluding carboxylic acids is 2. The predicted molar refractivity (Wildman–Crippen MR) is 234 cm³/mol. The summed E-state index contributed by atoms with van der Waals surface area (Å²) in [6, 6.07) is 21.8. The number of hydrogen-bond acceptors (Lipinski definition) is 13. The highest BCUT2D eigenvalue weighted by Crippen LogP contribution is 2.42. The first-order valence-corrected chi connectivity index (χ1v) is 24.6. The monoisotopic (exact) mass is 890 g/mol. The van der Waals surface area contributed by atoms with Crippen LogP contribution in [0.4, 0.5) is 0 Å². The summed E-state index contributed by atoms with van der Waals surface area (Å²) in [7, 11) is -7.69. The number of sulfone groups is 2. The standard InChI is InChI=1S/C24H32O6S2.C20H26O5S2/c1-5-6-15-29-19-9-7-18(8-10-19)20-11-12-21(31-20)32(26,27)24(13-16-28-17-14-24)22(25)30-23(2,3)4;1-5-6-13-24-16-9-7-15(8-10-16)17-11-12-19(26-17)27(22,23)14-18(21)25-20(2,3)4/h7-12H,5-6,13-17H2,1-4H3;7-12H,5-6,13-14H2,1-4H3. The summed E-state index contributed by atoms with van der Waals surface area (Å²) in [5.41, 5.74) is 0.312. The number of benzene rings is 2. The van der Waals surface area contributed by atoms with Crippen molar-refractivity contribution in [2.45, 2.75) is 118 Å². The first-order chi connectivity index (χ1) is 27.7. The molecule has 0 spiro atoms. The predicted octanol–water partition coefficient (Wildman–Crippen LogP) is 9.97. The molecule has 1 aliphatic heterocycles. The van der Waals surface area contributed by atoms with Gasteiger partial charge < -0.3 is 23.7 Å². The molecule has 59 heavy (non-hydrogen) atoms. The van der Waals surface area contributed by atoms with Gasteiger partial charge in [0, 0.05) is 35.8 Å². The minimum absolute atomic E-state index is 0.0846. The fourth-order valence-electron chi connectivity index (χ4n) is 5.81. The smallest absolute Gasteiger partial charge is 0.328 e. The third kappa shape index (κ3) is 13.6. The van der Waals surface area contributed by atoms with Gasteiger partial charge >= 0.3 is 11.9 Å². The summed E-state index contributed by atoms with van der Waals surface area (Å²) in [6.45, 7) is 16.3. The molecule has 2 aromatic carbocycles. The van der Waals surface area contributed by atoms with Crippen LogP contribution in [0.1, 0.15) is 93.9 Å². The van der Waals surface area contributed by atoms with E-state index < -0.39 is 53.3 Å². The summed E-state index contributed by atoms with van der Waals surface area (Å²) in [4.78, 5) is 26.6. The van der Waals surface area contributed by atoms with Gasteiger partial charge in [0.15, 0.2) is 20.3 Å². The van der Waals surface area contributed by atoms with Crippen LogP contribution in [-0.4, -0.2) is 76.9 Å². The first kappa shape index (κ1) is 47.9. The molecule has 0 bridgehead atoms. The van der Waals surface area contributed by atoms with E-state index in [4.69, 9.17) is 23.7 Å². The molecule has 3 heterocycles. The second kappa shape index (κ2) is 20.7. The number of carbonyl (C=O) groups is 2. The van der Waals surface area contributed by atoms with Crippen LogP contribution in [0, 0.1) is 0 Å². The Morgan fingerprint density at radius 2 is 1.08 bits per heavy atom. The van der Waals surface area contributed by atoms with Gasteiger partial charge in [-0.1, -0.05) is 26.7 Å². The summed E-state index contributed by atoms with van der Waals surface area (Å²) in [6.07, 6.45) is 4.32. The van der Waals surface area contributed by atoms with Crippen molar-refractivity contribution in [1.29, 1.82) is 0 Å². The molecule has 0 saturated carbocycles. The van der Waals surface area contributed by atoms with E-state index in [1.54, 1.807) is 59.7 Å². The van der Waals surface area contributed by atoms with Crippen LogP contribution in [0.5, 0.6) is 11.5 Å². The highest BCUT2D eigenvalue weighted by molar-refractivity contribution is 7.95. The van der Waals surface area contributed by atoms with Gasteiger partial charge in [-0.3, -0.25) is 9.59 Å². The molecule has 1 aliphatic rings. The third-order valence-corrected chi connectivity index (χ3v) is 16.3. The number of thiophene rings is 2. The van der Waals surface area contributed by atoms with E-state index in [2.05, 4.69) is 13.8 Å². The SMILES string of the molecule is CCCCOc1ccc(-c2ccc(S(=O)(=O)C3(C(=O)OC(C)(C)C)CCOCC3)s2)cc1.CCCCOc1ccc(-c2ccc(S(=O)(=O)CC(=O)OC(C)(C)C)s2)cc1. The van der Waals surface area contributed by atoms with Crippen molar-refractivity contribution in [1.82, 2.24) is 0 Å². The molecule has 324 valence electrons. The van der Waals surface area contributed by atoms with Crippen LogP contribution < -0.4 is 9.47 Å². The fourth-order valence-corrected chi connectivity index (χ4v) is 11.8. The van der Waals surface area contributed by atoms with E-state index in [-0.39, 0.29) is 34.5 Å². The highest BCUT2D eigenvalue weighted by Gasteiger charge is 2.55. The van der Waals surface area contributed by atoms with Gasteiger partial charge in [-0.15, -0.1) is 22.7 Å². The molecule has 0 unspecified atom stereocenters. The Balaban J connectivity index is 0.000000265. The summed E-state index contributed by atoms with van der Waals surface area (Å²) >= 11 is 2.31. The number of esters is 2. The van der Waals surface area contributed by atoms with E-state index in [0.29, 0.717) is 13.2 Å². The average Bonchev–Trinajstić information content (AvgIpc) is 3.87. The first-order valence-electron chi connectivity index (χ1n) is 19.9. The Morgan fingerprint density at radius 3 is 1.53 bits per heavy atom. The largest absolute Gasteiger partial charge is 0.494 e. The van der Waals surface area contributed by atoms with E-state index >= 15 is 0 Å². The maximum Gasteiger partial charge on any atom is 0.328 e. The molecule has 0 N–H and O–H groups in total. The van der Waals surface area contributed by atoms with Gasteiger partial charge in [-0.25, -0.2) is 16.8 Å². The number of ether oxygens (including phenoxy) is 5. The van der Waals surface area contributed by atoms with Crippen molar-refractivity contribution in [3.63, 3.8) is 0 Å². The van der Waals surface area contributed by atoms with Crippen LogP contribution in [0.25, 0.3) is 20.9 Å². The van der Waals surface area contributed by atoms with Crippen LogP contribution >= 0.6 is 22.7 Å². The van der Waals surface area contributed by atoms with Gasteiger partial charge in [0.1, 0.15) is 31.1 Å². The highest BCUT2D eigenvalue weighted by atomic mass is 32.2. The second-order valence-electron chi connectivity index (χ2n) is 16.1. The lowest BCUT2D eigenvalue weighted by atomic mass is 9.99. The van der Waals surface area contributed by atoms with Crippen molar-refractivity contribution in [3.05, 3.63) is 72.8 Å². The van der Waals surface area contributed by atoms with Gasteiger partial charge in [0.05, 0.1) is 13.2 Å². The molecule has 0 aliphatic carbocycles. The van der Waals surface area contributed by atoms with Crippen LogP contribution in [0.2, 0.25) is 0 Å². The average molecular weight is 891 g/mol. The zero-order chi connectivity index (χ0) is 43.5. The molecule has 11 nitrogen and oxygen atoms in total. The van der Waals surface area contributed by atoms with Crippen LogP contribution in [0.15, 0.2) is 81.2 Å². The molecular weight excluding hydrogens is 833 g/mol. The Kier molecular flexibility index (Phi) is 16.8. The molecule has 5 rings (SSSR count). The molecule has 1 fully saturated rings. The van der Waals surface area contributed by atoms with Crippen molar-refractivity contribution in [2.24, 2.45) is 0 Å². The number of hydrogen-bond donors (Lipinski definition) is 0. The zero-order valence-electron chi connectivity index (χ0n) is 35.3. The van der Waals surface area contributed by atoms with E-state index in [9.17, 15) is 26.4 Å². The van der Waals surface area contributed by atoms with E-state index in [1.807, 2.05) is 48.5 Å². The summed E-state index contributed by atoms with van der Waals surface area (Å²) in [5.74, 6) is -0.517. The summed E-state index contributed by atoms with van der Waals surface area (Å²) < 4.78 is 78.4. The third-order valence-electron chi connectivity index (χ3n) is 8.86. The Bertz CT molecular complexity index is 2180. The maximum absolute atomic E-state index is 13.7. The fraction of sp³-hybridized carbons (Fsp3) is 0.500. The minimum atomic E-state index is -3.97. The van der Waals surface area contributed by atoms with Crippen molar-refractivity contribution in [2.75, 3.05) is 32.2 Å². The normalized spacial score (nSPS) is 14.4. The Labute approximate surface area is 358 Å².